The van der Waals surface area contributed by atoms with E-state index in [1.807, 2.05) is 54.6 Å². The van der Waals surface area contributed by atoms with Gasteiger partial charge in [0.2, 0.25) is 5.28 Å². The van der Waals surface area contributed by atoms with Crippen LogP contribution in [-0.2, 0) is 0 Å². The Kier molecular flexibility index (Phi) is 3.81. The number of aromatic nitrogens is 3. The van der Waals surface area contributed by atoms with Gasteiger partial charge in [-0.1, -0.05) is 48.0 Å². The van der Waals surface area contributed by atoms with Crippen molar-refractivity contribution in [2.75, 3.05) is 0 Å². The number of hydrogen-bond donors (Lipinski definition) is 0. The van der Waals surface area contributed by atoms with Gasteiger partial charge in [0.05, 0.1) is 0 Å². The highest BCUT2D eigenvalue weighted by Crippen LogP contribution is 2.32. The molecular weight excluding hydrogens is 381 g/mol. The van der Waals surface area contributed by atoms with Gasteiger partial charge in [-0.25, -0.2) is 4.98 Å². The van der Waals surface area contributed by atoms with Crippen LogP contribution >= 0.6 is 23.2 Å². The standard InChI is InChI=1S/C21H11Cl2N3O/c22-14-5-3-4-12(10-14)19-24-20(26-21(23)25-19)13-8-9-16-15-6-1-2-7-17(15)27-18(16)11-13/h1-11H. The summed E-state index contributed by atoms with van der Waals surface area (Å²) >= 11 is 12.2. The van der Waals surface area contributed by atoms with Crippen molar-refractivity contribution in [3.8, 4) is 22.8 Å². The summed E-state index contributed by atoms with van der Waals surface area (Å²) in [4.78, 5) is 13.1. The average molecular weight is 392 g/mol. The Hall–Kier alpha value is -2.95. The van der Waals surface area contributed by atoms with Crippen LogP contribution in [0.15, 0.2) is 71.1 Å². The lowest BCUT2D eigenvalue weighted by Gasteiger charge is -2.05. The third-order valence-corrected chi connectivity index (χ3v) is 4.73. The summed E-state index contributed by atoms with van der Waals surface area (Å²) in [6.07, 6.45) is 0. The summed E-state index contributed by atoms with van der Waals surface area (Å²) < 4.78 is 5.95. The highest BCUT2D eigenvalue weighted by Gasteiger charge is 2.12. The zero-order valence-electron chi connectivity index (χ0n) is 13.9. The summed E-state index contributed by atoms with van der Waals surface area (Å²) in [5, 5.41) is 2.85. The fourth-order valence-corrected chi connectivity index (χ4v) is 3.45. The molecule has 4 nitrogen and oxygen atoms in total. The van der Waals surface area contributed by atoms with Crippen LogP contribution in [0.2, 0.25) is 10.3 Å². The predicted molar refractivity (Wildman–Crippen MR) is 108 cm³/mol. The van der Waals surface area contributed by atoms with Crippen LogP contribution in [0.25, 0.3) is 44.7 Å². The van der Waals surface area contributed by atoms with E-state index in [1.165, 1.54) is 0 Å². The van der Waals surface area contributed by atoms with Crippen LogP contribution < -0.4 is 0 Å². The minimum Gasteiger partial charge on any atom is -0.456 e. The highest BCUT2D eigenvalue weighted by molar-refractivity contribution is 6.30. The molecule has 0 radical (unpaired) electrons. The SMILES string of the molecule is Clc1cccc(-c2nc(Cl)nc(-c3ccc4c(c3)oc3ccccc34)n2)c1. The lowest BCUT2D eigenvalue weighted by molar-refractivity contribution is 0.669. The fourth-order valence-electron chi connectivity index (χ4n) is 3.10. The summed E-state index contributed by atoms with van der Waals surface area (Å²) in [5.41, 5.74) is 3.19. The maximum atomic E-state index is 6.15. The molecule has 27 heavy (non-hydrogen) atoms. The van der Waals surface area contributed by atoms with Gasteiger partial charge in [-0.05, 0) is 41.9 Å². The van der Waals surface area contributed by atoms with E-state index >= 15 is 0 Å². The van der Waals surface area contributed by atoms with E-state index in [0.717, 1.165) is 33.1 Å². The minimum absolute atomic E-state index is 0.125. The quantitative estimate of drug-likeness (QED) is 0.348. The van der Waals surface area contributed by atoms with E-state index in [2.05, 4.69) is 15.0 Å². The Balaban J connectivity index is 1.66. The van der Waals surface area contributed by atoms with Crippen molar-refractivity contribution in [2.24, 2.45) is 0 Å². The molecule has 0 aliphatic carbocycles. The molecule has 3 aromatic carbocycles. The minimum atomic E-state index is 0.125. The van der Waals surface area contributed by atoms with Gasteiger partial charge in [0.1, 0.15) is 11.2 Å². The lowest BCUT2D eigenvalue weighted by atomic mass is 10.1. The smallest absolute Gasteiger partial charge is 0.226 e. The number of furan rings is 1. The summed E-state index contributed by atoms with van der Waals surface area (Å²) in [7, 11) is 0. The Morgan fingerprint density at radius 3 is 2.19 bits per heavy atom. The van der Waals surface area contributed by atoms with E-state index < -0.39 is 0 Å². The van der Waals surface area contributed by atoms with Gasteiger partial charge in [-0.2, -0.15) is 9.97 Å². The molecule has 0 bridgehead atoms. The molecule has 5 rings (SSSR count). The van der Waals surface area contributed by atoms with Gasteiger partial charge < -0.3 is 4.42 Å². The van der Waals surface area contributed by atoms with Gasteiger partial charge in [0, 0.05) is 26.9 Å². The van der Waals surface area contributed by atoms with Crippen LogP contribution in [0, 0.1) is 0 Å². The maximum absolute atomic E-state index is 6.15. The molecule has 0 N–H and O–H groups in total. The molecule has 0 amide bonds. The molecule has 130 valence electrons. The molecule has 0 spiro atoms. The lowest BCUT2D eigenvalue weighted by Crippen LogP contribution is -1.97. The molecule has 0 saturated carbocycles. The molecule has 0 unspecified atom stereocenters. The van der Waals surface area contributed by atoms with E-state index in [0.29, 0.717) is 16.7 Å². The van der Waals surface area contributed by atoms with Crippen molar-refractivity contribution in [1.82, 2.24) is 15.0 Å². The zero-order valence-corrected chi connectivity index (χ0v) is 15.4. The average Bonchev–Trinajstić information content (AvgIpc) is 3.05. The second kappa shape index (κ2) is 6.34. The first-order valence-corrected chi connectivity index (χ1v) is 9.02. The van der Waals surface area contributed by atoms with Crippen molar-refractivity contribution in [1.29, 1.82) is 0 Å². The third kappa shape index (κ3) is 2.93. The number of rotatable bonds is 2. The number of para-hydroxylation sites is 1. The predicted octanol–water partition coefficient (Wildman–Crippen LogP) is 6.41. The molecule has 0 fully saturated rings. The van der Waals surface area contributed by atoms with E-state index in [4.69, 9.17) is 27.6 Å². The normalized spacial score (nSPS) is 11.3. The molecule has 0 aliphatic rings. The number of nitrogens with zero attached hydrogens (tertiary/aromatic N) is 3. The number of benzene rings is 3. The number of halogens is 2. The molecular formula is C21H11Cl2N3O. The Bertz CT molecular complexity index is 1310. The summed E-state index contributed by atoms with van der Waals surface area (Å²) in [5.74, 6) is 0.949. The third-order valence-electron chi connectivity index (χ3n) is 4.33. The van der Waals surface area contributed by atoms with E-state index in [-0.39, 0.29) is 5.28 Å². The molecule has 6 heteroatoms. The van der Waals surface area contributed by atoms with Gasteiger partial charge >= 0.3 is 0 Å². The Morgan fingerprint density at radius 1 is 0.630 bits per heavy atom. The molecule has 0 saturated heterocycles. The van der Waals surface area contributed by atoms with Gasteiger partial charge in [0.15, 0.2) is 11.6 Å². The second-order valence-corrected chi connectivity index (χ2v) is 6.85. The highest BCUT2D eigenvalue weighted by atomic mass is 35.5. The van der Waals surface area contributed by atoms with E-state index in [9.17, 15) is 0 Å². The topological polar surface area (TPSA) is 51.8 Å². The summed E-state index contributed by atoms with van der Waals surface area (Å²) in [6.45, 7) is 0. The van der Waals surface area contributed by atoms with Crippen LogP contribution in [0.3, 0.4) is 0 Å². The van der Waals surface area contributed by atoms with Crippen LogP contribution in [0.4, 0.5) is 0 Å². The van der Waals surface area contributed by atoms with Crippen LogP contribution in [0.5, 0.6) is 0 Å². The van der Waals surface area contributed by atoms with Crippen molar-refractivity contribution in [3.05, 3.63) is 77.0 Å². The molecule has 2 heterocycles. The van der Waals surface area contributed by atoms with Gasteiger partial charge in [-0.3, -0.25) is 0 Å². The first-order valence-electron chi connectivity index (χ1n) is 8.26. The Morgan fingerprint density at radius 2 is 1.37 bits per heavy atom. The van der Waals surface area contributed by atoms with Gasteiger partial charge in [-0.15, -0.1) is 0 Å². The Labute approximate surface area is 164 Å². The molecule has 0 aliphatic heterocycles. The number of fused-ring (bicyclic) bond motifs is 3. The summed E-state index contributed by atoms with van der Waals surface area (Å²) in [6, 6.07) is 21.1. The first-order chi connectivity index (χ1) is 13.2. The zero-order chi connectivity index (χ0) is 18.4. The molecule has 2 aromatic heterocycles. The number of hydrogen-bond acceptors (Lipinski definition) is 4. The largest absolute Gasteiger partial charge is 0.456 e. The van der Waals surface area contributed by atoms with Gasteiger partial charge in [0.25, 0.3) is 0 Å². The maximum Gasteiger partial charge on any atom is 0.226 e. The van der Waals surface area contributed by atoms with Crippen molar-refractivity contribution in [2.45, 2.75) is 0 Å². The monoisotopic (exact) mass is 391 g/mol. The van der Waals surface area contributed by atoms with Crippen LogP contribution in [-0.4, -0.2) is 15.0 Å². The van der Waals surface area contributed by atoms with E-state index in [1.54, 1.807) is 12.1 Å². The fraction of sp³-hybridized carbons (Fsp3) is 0. The second-order valence-electron chi connectivity index (χ2n) is 6.07. The molecule has 0 atom stereocenters. The van der Waals surface area contributed by atoms with Crippen LogP contribution in [0.1, 0.15) is 0 Å². The molecule has 5 aromatic rings. The first kappa shape index (κ1) is 16.2. The van der Waals surface area contributed by atoms with Crippen molar-refractivity contribution < 1.29 is 4.42 Å². The van der Waals surface area contributed by atoms with Crippen molar-refractivity contribution >= 4 is 45.1 Å². The van der Waals surface area contributed by atoms with Crippen molar-refractivity contribution in [3.63, 3.8) is 0 Å².